The summed E-state index contributed by atoms with van der Waals surface area (Å²) in [4.78, 5) is 10.6. The van der Waals surface area contributed by atoms with Crippen molar-refractivity contribution in [3.63, 3.8) is 0 Å². The Morgan fingerprint density at radius 3 is 2.71 bits per heavy atom. The number of ether oxygens (including phenoxy) is 1. The smallest absolute Gasteiger partial charge is 0.275 e. The molecule has 116 valence electrons. The van der Waals surface area contributed by atoms with Gasteiger partial charge in [0.25, 0.3) is 5.69 Å². The van der Waals surface area contributed by atoms with Crippen molar-refractivity contribution >= 4 is 11.4 Å². The predicted molar refractivity (Wildman–Crippen MR) is 83.9 cm³/mol. The minimum atomic E-state index is -0.370. The van der Waals surface area contributed by atoms with E-state index in [4.69, 9.17) is 4.74 Å². The molecule has 1 aromatic rings. The molecule has 0 unspecified atom stereocenters. The molecular weight excluding hydrogens is 268 g/mol. The van der Waals surface area contributed by atoms with E-state index in [-0.39, 0.29) is 10.6 Å². The lowest BCUT2D eigenvalue weighted by Crippen LogP contribution is -2.15. The van der Waals surface area contributed by atoms with E-state index >= 15 is 0 Å². The Hall–Kier alpha value is -1.78. The summed E-state index contributed by atoms with van der Waals surface area (Å²) in [6, 6.07) is 4.93. The van der Waals surface area contributed by atoms with Crippen LogP contribution in [0.2, 0.25) is 0 Å². The molecule has 1 aliphatic rings. The molecule has 21 heavy (non-hydrogen) atoms. The van der Waals surface area contributed by atoms with Gasteiger partial charge in [0.15, 0.2) is 0 Å². The first-order chi connectivity index (χ1) is 10.2. The fourth-order valence-electron chi connectivity index (χ4n) is 2.71. The number of nitro benzene ring substituents is 1. The third kappa shape index (κ3) is 4.92. The molecule has 0 spiro atoms. The van der Waals surface area contributed by atoms with Gasteiger partial charge in [-0.2, -0.15) is 0 Å². The van der Waals surface area contributed by atoms with E-state index in [0.29, 0.717) is 18.3 Å². The maximum absolute atomic E-state index is 11.0. The van der Waals surface area contributed by atoms with Crippen LogP contribution in [-0.4, -0.2) is 18.1 Å². The fraction of sp³-hybridized carbons (Fsp3) is 0.625. The number of benzene rings is 1. The summed E-state index contributed by atoms with van der Waals surface area (Å²) in [5.74, 6) is 1.18. The predicted octanol–water partition coefficient (Wildman–Crippen LogP) is 4.38. The largest absolute Gasteiger partial charge is 0.493 e. The van der Waals surface area contributed by atoms with E-state index in [1.807, 2.05) is 6.07 Å². The van der Waals surface area contributed by atoms with Crippen molar-refractivity contribution in [2.45, 2.75) is 45.4 Å². The molecule has 0 amide bonds. The van der Waals surface area contributed by atoms with E-state index in [2.05, 4.69) is 12.2 Å². The van der Waals surface area contributed by atoms with Gasteiger partial charge in [0.2, 0.25) is 0 Å². The van der Waals surface area contributed by atoms with Crippen LogP contribution >= 0.6 is 0 Å². The van der Waals surface area contributed by atoms with Crippen molar-refractivity contribution in [3.05, 3.63) is 28.3 Å². The average Bonchev–Trinajstić information content (AvgIpc) is 2.51. The summed E-state index contributed by atoms with van der Waals surface area (Å²) < 4.78 is 5.81. The van der Waals surface area contributed by atoms with Crippen LogP contribution in [0.5, 0.6) is 5.75 Å². The number of anilines is 1. The second-order valence-corrected chi connectivity index (χ2v) is 5.71. The minimum absolute atomic E-state index is 0.0785. The zero-order valence-corrected chi connectivity index (χ0v) is 12.6. The van der Waals surface area contributed by atoms with Crippen molar-refractivity contribution in [2.75, 3.05) is 18.5 Å². The molecule has 0 bridgehead atoms. The normalized spacial score (nSPS) is 15.7. The average molecular weight is 292 g/mol. The standard InChI is InChI=1S/C16H24N2O3/c1-2-8-17-14-9-15(18(19)20)11-16(10-14)21-12-13-6-4-3-5-7-13/h9-11,13,17H,2-8,12H2,1H3. The van der Waals surface area contributed by atoms with E-state index in [1.165, 1.54) is 38.2 Å². The summed E-state index contributed by atoms with van der Waals surface area (Å²) in [5.41, 5.74) is 0.833. The van der Waals surface area contributed by atoms with Crippen molar-refractivity contribution in [2.24, 2.45) is 5.92 Å². The Kier molecular flexibility index (Phi) is 5.84. The SMILES string of the molecule is CCCNc1cc(OCC2CCCCC2)cc([N+](=O)[O-])c1. The zero-order valence-electron chi connectivity index (χ0n) is 12.6. The fourth-order valence-corrected chi connectivity index (χ4v) is 2.71. The Morgan fingerprint density at radius 2 is 2.05 bits per heavy atom. The summed E-state index contributed by atoms with van der Waals surface area (Å²) >= 11 is 0. The van der Waals surface area contributed by atoms with Crippen LogP contribution in [0, 0.1) is 16.0 Å². The Balaban J connectivity index is 2.02. The summed E-state index contributed by atoms with van der Waals surface area (Å²) in [6.45, 7) is 3.52. The Morgan fingerprint density at radius 1 is 1.29 bits per heavy atom. The summed E-state index contributed by atoms with van der Waals surface area (Å²) in [7, 11) is 0. The molecule has 0 aliphatic heterocycles. The zero-order chi connectivity index (χ0) is 15.1. The van der Waals surface area contributed by atoms with Gasteiger partial charge < -0.3 is 10.1 Å². The van der Waals surface area contributed by atoms with Crippen molar-refractivity contribution < 1.29 is 9.66 Å². The lowest BCUT2D eigenvalue weighted by atomic mass is 9.90. The third-order valence-corrected chi connectivity index (χ3v) is 3.89. The molecule has 0 aromatic heterocycles. The number of nitrogens with one attached hydrogen (secondary N) is 1. The first-order valence-corrected chi connectivity index (χ1v) is 7.85. The van der Waals surface area contributed by atoms with Gasteiger partial charge in [0, 0.05) is 24.4 Å². The Bertz CT molecular complexity index is 471. The molecule has 1 N–H and O–H groups in total. The van der Waals surface area contributed by atoms with E-state index < -0.39 is 0 Å². The van der Waals surface area contributed by atoms with Crippen LogP contribution in [0.25, 0.3) is 0 Å². The van der Waals surface area contributed by atoms with Crippen molar-refractivity contribution in [1.29, 1.82) is 0 Å². The molecular formula is C16H24N2O3. The number of rotatable bonds is 7. The number of hydrogen-bond acceptors (Lipinski definition) is 4. The first kappa shape index (κ1) is 15.6. The van der Waals surface area contributed by atoms with Gasteiger partial charge in [-0.25, -0.2) is 0 Å². The van der Waals surface area contributed by atoms with E-state index in [9.17, 15) is 10.1 Å². The second-order valence-electron chi connectivity index (χ2n) is 5.71. The van der Waals surface area contributed by atoms with Crippen LogP contribution < -0.4 is 10.1 Å². The topological polar surface area (TPSA) is 64.4 Å². The number of non-ortho nitro benzene ring substituents is 1. The van der Waals surface area contributed by atoms with Gasteiger partial charge in [-0.05, 0) is 25.2 Å². The molecule has 2 rings (SSSR count). The molecule has 5 nitrogen and oxygen atoms in total. The first-order valence-electron chi connectivity index (χ1n) is 7.85. The highest BCUT2D eigenvalue weighted by atomic mass is 16.6. The highest BCUT2D eigenvalue weighted by Gasteiger charge is 2.15. The minimum Gasteiger partial charge on any atom is -0.493 e. The van der Waals surface area contributed by atoms with E-state index in [1.54, 1.807) is 6.07 Å². The van der Waals surface area contributed by atoms with Gasteiger partial charge in [-0.3, -0.25) is 10.1 Å². The highest BCUT2D eigenvalue weighted by Crippen LogP contribution is 2.28. The van der Waals surface area contributed by atoms with Crippen LogP contribution in [-0.2, 0) is 0 Å². The highest BCUT2D eigenvalue weighted by molar-refractivity contribution is 5.56. The third-order valence-electron chi connectivity index (χ3n) is 3.89. The van der Waals surface area contributed by atoms with Crippen molar-refractivity contribution in [1.82, 2.24) is 0 Å². The molecule has 0 saturated heterocycles. The van der Waals surface area contributed by atoms with Crippen LogP contribution in [0.3, 0.4) is 0 Å². The van der Waals surface area contributed by atoms with Gasteiger partial charge >= 0.3 is 0 Å². The van der Waals surface area contributed by atoms with E-state index in [0.717, 1.165) is 18.7 Å². The Labute approximate surface area is 125 Å². The van der Waals surface area contributed by atoms with Gasteiger partial charge in [0.05, 0.1) is 17.6 Å². The molecule has 1 saturated carbocycles. The number of nitrogens with zero attached hydrogens (tertiary/aromatic N) is 1. The molecule has 1 aromatic carbocycles. The van der Waals surface area contributed by atoms with Crippen molar-refractivity contribution in [3.8, 4) is 5.75 Å². The number of hydrogen-bond donors (Lipinski definition) is 1. The maximum Gasteiger partial charge on any atom is 0.275 e. The lowest BCUT2D eigenvalue weighted by molar-refractivity contribution is -0.384. The molecule has 0 atom stereocenters. The summed E-state index contributed by atoms with van der Waals surface area (Å²) in [5, 5.41) is 14.2. The lowest BCUT2D eigenvalue weighted by Gasteiger charge is -2.21. The molecule has 1 aliphatic carbocycles. The molecule has 5 heteroatoms. The van der Waals surface area contributed by atoms with Gasteiger partial charge in [0.1, 0.15) is 5.75 Å². The second kappa shape index (κ2) is 7.86. The van der Waals surface area contributed by atoms with Crippen LogP contribution in [0.15, 0.2) is 18.2 Å². The maximum atomic E-state index is 11.0. The molecule has 0 heterocycles. The van der Waals surface area contributed by atoms with Gasteiger partial charge in [-0.1, -0.05) is 26.2 Å². The monoisotopic (exact) mass is 292 g/mol. The summed E-state index contributed by atoms with van der Waals surface area (Å²) in [6.07, 6.45) is 7.24. The van der Waals surface area contributed by atoms with Crippen LogP contribution in [0.1, 0.15) is 45.4 Å². The molecule has 1 fully saturated rings. The number of nitro groups is 1. The van der Waals surface area contributed by atoms with Gasteiger partial charge in [-0.15, -0.1) is 0 Å². The quantitative estimate of drug-likeness (QED) is 0.598. The molecule has 0 radical (unpaired) electrons. The van der Waals surface area contributed by atoms with Crippen LogP contribution in [0.4, 0.5) is 11.4 Å².